The molecular weight excluding hydrogens is 258 g/mol. The van der Waals surface area contributed by atoms with Gasteiger partial charge in [0, 0.05) is 24.7 Å². The Morgan fingerprint density at radius 2 is 2.15 bits per heavy atom. The second-order valence-electron chi connectivity index (χ2n) is 5.05. The van der Waals surface area contributed by atoms with Crippen molar-refractivity contribution in [2.45, 2.75) is 13.0 Å². The highest BCUT2D eigenvalue weighted by Gasteiger charge is 2.30. The molecule has 3 rings (SSSR count). The number of hydrogen-bond acceptors (Lipinski definition) is 3. The Morgan fingerprint density at radius 1 is 1.35 bits per heavy atom. The maximum Gasteiger partial charge on any atom is 0.308 e. The van der Waals surface area contributed by atoms with Gasteiger partial charge in [-0.3, -0.25) is 14.3 Å². The molecule has 1 saturated heterocycles. The minimum Gasteiger partial charge on any atom is -0.481 e. The fourth-order valence-corrected chi connectivity index (χ4v) is 2.52. The van der Waals surface area contributed by atoms with Crippen LogP contribution in [0.2, 0.25) is 0 Å². The SMILES string of the molecule is O=C(O)C1CCN(C(=O)Cn2cc3ccccc3n2)C1. The molecule has 2 aromatic rings. The van der Waals surface area contributed by atoms with Crippen molar-refractivity contribution in [1.29, 1.82) is 0 Å². The van der Waals surface area contributed by atoms with Gasteiger partial charge in [-0.15, -0.1) is 0 Å². The van der Waals surface area contributed by atoms with E-state index in [0.717, 1.165) is 10.9 Å². The fraction of sp³-hybridized carbons (Fsp3) is 0.357. The molecule has 1 aromatic heterocycles. The maximum atomic E-state index is 12.1. The van der Waals surface area contributed by atoms with Crippen molar-refractivity contribution in [3.05, 3.63) is 30.5 Å². The summed E-state index contributed by atoms with van der Waals surface area (Å²) >= 11 is 0. The standard InChI is InChI=1S/C14H15N3O3/c18-13(16-6-5-11(7-16)14(19)20)9-17-8-10-3-1-2-4-12(10)15-17/h1-4,8,11H,5-7,9H2,(H,19,20). The summed E-state index contributed by atoms with van der Waals surface area (Å²) in [4.78, 5) is 24.6. The lowest BCUT2D eigenvalue weighted by Crippen LogP contribution is -2.32. The molecule has 0 bridgehead atoms. The number of aliphatic carboxylic acids is 1. The fourth-order valence-electron chi connectivity index (χ4n) is 2.52. The highest BCUT2D eigenvalue weighted by atomic mass is 16.4. The predicted octanol–water partition coefficient (Wildman–Crippen LogP) is 0.969. The molecule has 1 amide bonds. The van der Waals surface area contributed by atoms with Crippen LogP contribution in [0.4, 0.5) is 0 Å². The van der Waals surface area contributed by atoms with Crippen LogP contribution in [0.3, 0.4) is 0 Å². The number of carboxylic acid groups (broad SMARTS) is 1. The first-order chi connectivity index (χ1) is 9.63. The van der Waals surface area contributed by atoms with E-state index in [2.05, 4.69) is 5.10 Å². The van der Waals surface area contributed by atoms with Crippen LogP contribution in [0, 0.1) is 5.92 Å². The van der Waals surface area contributed by atoms with E-state index in [1.165, 1.54) is 0 Å². The van der Waals surface area contributed by atoms with E-state index >= 15 is 0 Å². The van der Waals surface area contributed by atoms with Crippen LogP contribution in [-0.2, 0) is 16.1 Å². The van der Waals surface area contributed by atoms with Crippen molar-refractivity contribution in [3.8, 4) is 0 Å². The minimum atomic E-state index is -0.829. The zero-order valence-corrected chi connectivity index (χ0v) is 10.9. The molecule has 1 fully saturated rings. The number of carboxylic acids is 1. The Balaban J connectivity index is 1.68. The van der Waals surface area contributed by atoms with Crippen LogP contribution < -0.4 is 0 Å². The molecule has 0 saturated carbocycles. The molecule has 1 aliphatic heterocycles. The van der Waals surface area contributed by atoms with Crippen molar-refractivity contribution in [2.24, 2.45) is 5.92 Å². The quantitative estimate of drug-likeness (QED) is 0.904. The minimum absolute atomic E-state index is 0.0819. The van der Waals surface area contributed by atoms with Gasteiger partial charge < -0.3 is 10.0 Å². The van der Waals surface area contributed by atoms with Gasteiger partial charge in [0.25, 0.3) is 0 Å². The van der Waals surface area contributed by atoms with Gasteiger partial charge in [-0.2, -0.15) is 5.10 Å². The average molecular weight is 273 g/mol. The number of aromatic nitrogens is 2. The lowest BCUT2D eigenvalue weighted by Gasteiger charge is -2.15. The average Bonchev–Trinajstić information content (AvgIpc) is 3.04. The lowest BCUT2D eigenvalue weighted by molar-refractivity contribution is -0.141. The number of hydrogen-bond donors (Lipinski definition) is 1. The van der Waals surface area contributed by atoms with Gasteiger partial charge in [-0.25, -0.2) is 0 Å². The van der Waals surface area contributed by atoms with E-state index in [9.17, 15) is 9.59 Å². The summed E-state index contributed by atoms with van der Waals surface area (Å²) in [5.41, 5.74) is 0.852. The first-order valence-electron chi connectivity index (χ1n) is 6.56. The van der Waals surface area contributed by atoms with Crippen LogP contribution in [0.25, 0.3) is 10.9 Å². The summed E-state index contributed by atoms with van der Waals surface area (Å²) in [6, 6.07) is 7.67. The summed E-state index contributed by atoms with van der Waals surface area (Å²) < 4.78 is 1.61. The Labute approximate surface area is 115 Å². The van der Waals surface area contributed by atoms with E-state index in [0.29, 0.717) is 19.5 Å². The van der Waals surface area contributed by atoms with Crippen molar-refractivity contribution >= 4 is 22.8 Å². The zero-order valence-electron chi connectivity index (χ0n) is 10.9. The Kier molecular flexibility index (Phi) is 3.14. The van der Waals surface area contributed by atoms with Crippen LogP contribution in [0.15, 0.2) is 30.5 Å². The van der Waals surface area contributed by atoms with Gasteiger partial charge in [-0.1, -0.05) is 18.2 Å². The van der Waals surface area contributed by atoms with Crippen LogP contribution in [-0.4, -0.2) is 44.8 Å². The van der Waals surface area contributed by atoms with Gasteiger partial charge in [0.2, 0.25) is 5.91 Å². The van der Waals surface area contributed by atoms with E-state index in [-0.39, 0.29) is 12.5 Å². The molecule has 0 radical (unpaired) electrons. The number of carbonyl (C=O) groups is 2. The molecule has 1 unspecified atom stereocenters. The summed E-state index contributed by atoms with van der Waals surface area (Å²) in [6.07, 6.45) is 2.36. The molecule has 6 heteroatoms. The highest BCUT2D eigenvalue weighted by molar-refractivity contribution is 5.80. The Morgan fingerprint density at radius 3 is 2.85 bits per heavy atom. The van der Waals surface area contributed by atoms with Crippen molar-refractivity contribution < 1.29 is 14.7 Å². The normalized spacial score (nSPS) is 18.6. The summed E-state index contributed by atoms with van der Waals surface area (Å²) in [7, 11) is 0. The van der Waals surface area contributed by atoms with E-state index < -0.39 is 11.9 Å². The molecular formula is C14H15N3O3. The molecule has 0 spiro atoms. The molecule has 0 aliphatic carbocycles. The summed E-state index contributed by atoms with van der Waals surface area (Å²) in [6.45, 7) is 0.965. The smallest absolute Gasteiger partial charge is 0.308 e. The third-order valence-electron chi connectivity index (χ3n) is 3.65. The molecule has 1 atom stereocenters. The number of amides is 1. The second kappa shape index (κ2) is 4.96. The number of fused-ring (bicyclic) bond motifs is 1. The van der Waals surface area contributed by atoms with Gasteiger partial charge in [-0.05, 0) is 12.5 Å². The van der Waals surface area contributed by atoms with E-state index in [1.807, 2.05) is 30.5 Å². The number of benzene rings is 1. The number of likely N-dealkylation sites (tertiary alicyclic amines) is 1. The Hall–Kier alpha value is -2.37. The molecule has 1 aliphatic rings. The van der Waals surface area contributed by atoms with Crippen LogP contribution >= 0.6 is 0 Å². The molecule has 104 valence electrons. The molecule has 6 nitrogen and oxygen atoms in total. The van der Waals surface area contributed by atoms with E-state index in [4.69, 9.17) is 5.11 Å². The van der Waals surface area contributed by atoms with Gasteiger partial charge in [0.1, 0.15) is 6.54 Å². The molecule has 1 aromatic carbocycles. The summed E-state index contributed by atoms with van der Waals surface area (Å²) in [5.74, 6) is -1.35. The lowest BCUT2D eigenvalue weighted by atomic mass is 10.1. The van der Waals surface area contributed by atoms with Crippen LogP contribution in [0.1, 0.15) is 6.42 Å². The first kappa shape index (κ1) is 12.7. The van der Waals surface area contributed by atoms with E-state index in [1.54, 1.807) is 9.58 Å². The second-order valence-corrected chi connectivity index (χ2v) is 5.05. The number of nitrogens with zero attached hydrogens (tertiary/aromatic N) is 3. The van der Waals surface area contributed by atoms with Gasteiger partial charge >= 0.3 is 5.97 Å². The van der Waals surface area contributed by atoms with Gasteiger partial charge in [0.05, 0.1) is 11.4 Å². The largest absolute Gasteiger partial charge is 0.481 e. The van der Waals surface area contributed by atoms with Crippen LogP contribution in [0.5, 0.6) is 0 Å². The van der Waals surface area contributed by atoms with Crippen molar-refractivity contribution in [2.75, 3.05) is 13.1 Å². The highest BCUT2D eigenvalue weighted by Crippen LogP contribution is 2.17. The van der Waals surface area contributed by atoms with Crippen molar-refractivity contribution in [1.82, 2.24) is 14.7 Å². The molecule has 20 heavy (non-hydrogen) atoms. The maximum absolute atomic E-state index is 12.1. The number of carbonyl (C=O) groups excluding carboxylic acids is 1. The monoisotopic (exact) mass is 273 g/mol. The predicted molar refractivity (Wildman–Crippen MR) is 72.1 cm³/mol. The first-order valence-corrected chi connectivity index (χ1v) is 6.56. The topological polar surface area (TPSA) is 75.4 Å². The third-order valence-corrected chi connectivity index (χ3v) is 3.65. The summed E-state index contributed by atoms with van der Waals surface area (Å²) in [5, 5.41) is 14.3. The third kappa shape index (κ3) is 2.36. The zero-order chi connectivity index (χ0) is 14.1. The Bertz CT molecular complexity index is 631. The number of rotatable bonds is 3. The molecule has 1 N–H and O–H groups in total. The van der Waals surface area contributed by atoms with Crippen molar-refractivity contribution in [3.63, 3.8) is 0 Å². The molecule has 2 heterocycles. The van der Waals surface area contributed by atoms with Gasteiger partial charge in [0.15, 0.2) is 0 Å².